The smallest absolute Gasteiger partial charge is 0.272 e. The molecule has 6 heteroatoms. The molecular weight excluding hydrogens is 352 g/mol. The van der Waals surface area contributed by atoms with Crippen LogP contribution in [0.25, 0.3) is 0 Å². The van der Waals surface area contributed by atoms with Crippen LogP contribution in [0, 0.1) is 6.92 Å². The summed E-state index contributed by atoms with van der Waals surface area (Å²) in [6, 6.07) is 13.8. The first-order valence-electron chi connectivity index (χ1n) is 10.1. The van der Waals surface area contributed by atoms with Gasteiger partial charge in [-0.05, 0) is 43.7 Å². The number of hydrogen-bond acceptors (Lipinski definition) is 5. The molecule has 28 heavy (non-hydrogen) atoms. The molecule has 2 aliphatic heterocycles. The van der Waals surface area contributed by atoms with Crippen molar-refractivity contribution in [1.29, 1.82) is 0 Å². The van der Waals surface area contributed by atoms with Crippen LogP contribution in [0.15, 0.2) is 42.5 Å². The molecule has 3 heterocycles. The maximum Gasteiger partial charge on any atom is 0.272 e. The number of carbonyl (C=O) groups excluding carboxylic acids is 1. The number of nitrogens with zero attached hydrogens (tertiary/aromatic N) is 3. The van der Waals surface area contributed by atoms with Crippen LogP contribution in [0.4, 0.5) is 5.82 Å². The summed E-state index contributed by atoms with van der Waals surface area (Å²) >= 11 is 0. The molecule has 0 spiro atoms. The van der Waals surface area contributed by atoms with Crippen molar-refractivity contribution in [3.8, 4) is 5.75 Å². The van der Waals surface area contributed by atoms with Crippen LogP contribution in [-0.4, -0.2) is 61.2 Å². The number of anilines is 1. The van der Waals surface area contributed by atoms with E-state index in [2.05, 4.69) is 15.2 Å². The Balaban J connectivity index is 1.41. The number of para-hydroxylation sites is 1. The number of pyridine rings is 1. The van der Waals surface area contributed by atoms with Gasteiger partial charge in [0.25, 0.3) is 5.91 Å². The van der Waals surface area contributed by atoms with Crippen molar-refractivity contribution in [1.82, 2.24) is 15.2 Å². The van der Waals surface area contributed by atoms with Gasteiger partial charge in [0, 0.05) is 32.6 Å². The fourth-order valence-corrected chi connectivity index (χ4v) is 3.83. The summed E-state index contributed by atoms with van der Waals surface area (Å²) in [4.78, 5) is 21.8. The monoisotopic (exact) mass is 380 g/mol. The van der Waals surface area contributed by atoms with Gasteiger partial charge < -0.3 is 19.9 Å². The summed E-state index contributed by atoms with van der Waals surface area (Å²) in [5.41, 5.74) is 1.64. The zero-order valence-corrected chi connectivity index (χ0v) is 16.4. The number of rotatable bonds is 4. The first-order valence-corrected chi connectivity index (χ1v) is 10.1. The Kier molecular flexibility index (Phi) is 5.76. The Morgan fingerprint density at radius 2 is 2.00 bits per heavy atom. The third kappa shape index (κ3) is 4.28. The van der Waals surface area contributed by atoms with Crippen molar-refractivity contribution in [2.24, 2.45) is 0 Å². The normalized spacial score (nSPS) is 20.1. The maximum absolute atomic E-state index is 13.0. The van der Waals surface area contributed by atoms with Gasteiger partial charge in [0.15, 0.2) is 0 Å². The van der Waals surface area contributed by atoms with Crippen molar-refractivity contribution in [2.75, 3.05) is 44.2 Å². The van der Waals surface area contributed by atoms with Gasteiger partial charge in [0.05, 0.1) is 6.54 Å². The zero-order chi connectivity index (χ0) is 19.3. The Morgan fingerprint density at radius 1 is 1.11 bits per heavy atom. The van der Waals surface area contributed by atoms with Crippen molar-refractivity contribution >= 4 is 11.7 Å². The van der Waals surface area contributed by atoms with E-state index in [-0.39, 0.29) is 12.0 Å². The van der Waals surface area contributed by atoms with Gasteiger partial charge in [-0.1, -0.05) is 24.3 Å². The molecule has 0 unspecified atom stereocenters. The molecule has 4 rings (SSSR count). The highest BCUT2D eigenvalue weighted by Gasteiger charge is 2.29. The number of aryl methyl sites for hydroxylation is 1. The van der Waals surface area contributed by atoms with Gasteiger partial charge in [-0.25, -0.2) is 4.98 Å². The minimum Gasteiger partial charge on any atom is -0.488 e. The summed E-state index contributed by atoms with van der Waals surface area (Å²) < 4.78 is 6.13. The van der Waals surface area contributed by atoms with E-state index in [9.17, 15) is 4.79 Å². The van der Waals surface area contributed by atoms with E-state index in [0.717, 1.165) is 56.2 Å². The third-order valence-electron chi connectivity index (χ3n) is 5.44. The highest BCUT2D eigenvalue weighted by molar-refractivity contribution is 5.93. The maximum atomic E-state index is 13.0. The van der Waals surface area contributed by atoms with Gasteiger partial charge in [-0.2, -0.15) is 0 Å². The largest absolute Gasteiger partial charge is 0.488 e. The van der Waals surface area contributed by atoms with Crippen LogP contribution in [0.5, 0.6) is 5.75 Å². The van der Waals surface area contributed by atoms with Gasteiger partial charge in [0.2, 0.25) is 0 Å². The van der Waals surface area contributed by atoms with E-state index in [1.54, 1.807) is 0 Å². The second-order valence-corrected chi connectivity index (χ2v) is 7.52. The fourth-order valence-electron chi connectivity index (χ4n) is 3.83. The number of amides is 1. The molecule has 0 bridgehead atoms. The molecular formula is C22H28N4O2. The predicted molar refractivity (Wildman–Crippen MR) is 110 cm³/mol. The molecule has 1 aromatic carbocycles. The van der Waals surface area contributed by atoms with E-state index in [0.29, 0.717) is 18.8 Å². The van der Waals surface area contributed by atoms with Crippen LogP contribution < -0.4 is 15.0 Å². The Morgan fingerprint density at radius 3 is 2.89 bits per heavy atom. The van der Waals surface area contributed by atoms with Gasteiger partial charge in [0.1, 0.15) is 23.4 Å². The molecule has 2 aromatic rings. The Labute approximate surface area is 166 Å². The number of carbonyl (C=O) groups is 1. The van der Waals surface area contributed by atoms with Crippen molar-refractivity contribution in [3.05, 3.63) is 53.7 Å². The van der Waals surface area contributed by atoms with Crippen molar-refractivity contribution in [2.45, 2.75) is 25.9 Å². The van der Waals surface area contributed by atoms with Crippen LogP contribution in [0.2, 0.25) is 0 Å². The Bertz CT molecular complexity index is 818. The zero-order valence-electron chi connectivity index (χ0n) is 16.4. The second kappa shape index (κ2) is 8.61. The SMILES string of the molecule is Cc1ccccc1O[C@@H]1CCN(C(=O)c2cccc(N3CCCNCC3)n2)C1. The molecule has 148 valence electrons. The first kappa shape index (κ1) is 18.7. The molecule has 1 N–H and O–H groups in total. The fraction of sp³-hybridized carbons (Fsp3) is 0.455. The molecule has 2 aliphatic rings. The lowest BCUT2D eigenvalue weighted by Gasteiger charge is -2.22. The van der Waals surface area contributed by atoms with E-state index < -0.39 is 0 Å². The molecule has 1 atom stereocenters. The lowest BCUT2D eigenvalue weighted by molar-refractivity contribution is 0.0766. The van der Waals surface area contributed by atoms with Crippen molar-refractivity contribution < 1.29 is 9.53 Å². The molecule has 1 aromatic heterocycles. The van der Waals surface area contributed by atoms with Crippen LogP contribution >= 0.6 is 0 Å². The third-order valence-corrected chi connectivity index (χ3v) is 5.44. The molecule has 2 fully saturated rings. The number of nitrogens with one attached hydrogen (secondary N) is 1. The number of ether oxygens (including phenoxy) is 1. The van der Waals surface area contributed by atoms with Crippen LogP contribution in [0.3, 0.4) is 0 Å². The van der Waals surface area contributed by atoms with Gasteiger partial charge in [-0.3, -0.25) is 4.79 Å². The van der Waals surface area contributed by atoms with E-state index in [1.807, 2.05) is 54.3 Å². The van der Waals surface area contributed by atoms with Gasteiger partial charge in [-0.15, -0.1) is 0 Å². The summed E-state index contributed by atoms with van der Waals surface area (Å²) in [5, 5.41) is 3.40. The number of aromatic nitrogens is 1. The quantitative estimate of drug-likeness (QED) is 0.883. The lowest BCUT2D eigenvalue weighted by atomic mass is 10.2. The lowest BCUT2D eigenvalue weighted by Crippen LogP contribution is -2.33. The molecule has 1 amide bonds. The first-order chi connectivity index (χ1) is 13.7. The van der Waals surface area contributed by atoms with Crippen LogP contribution in [0.1, 0.15) is 28.9 Å². The summed E-state index contributed by atoms with van der Waals surface area (Å²) in [6.07, 6.45) is 1.96. The molecule has 0 radical (unpaired) electrons. The van der Waals surface area contributed by atoms with Gasteiger partial charge >= 0.3 is 0 Å². The number of benzene rings is 1. The van der Waals surface area contributed by atoms with E-state index in [1.165, 1.54) is 0 Å². The highest BCUT2D eigenvalue weighted by Crippen LogP contribution is 2.23. The summed E-state index contributed by atoms with van der Waals surface area (Å²) in [5.74, 6) is 1.78. The summed E-state index contributed by atoms with van der Waals surface area (Å²) in [7, 11) is 0. The van der Waals surface area contributed by atoms with Crippen molar-refractivity contribution in [3.63, 3.8) is 0 Å². The minimum atomic E-state index is -0.00863. The Hall–Kier alpha value is -2.60. The molecule has 6 nitrogen and oxygen atoms in total. The van der Waals surface area contributed by atoms with E-state index in [4.69, 9.17) is 4.74 Å². The standard InChI is InChI=1S/C22H28N4O2/c1-17-6-2-3-8-20(17)28-18-10-14-26(16-18)22(27)19-7-4-9-21(24-19)25-13-5-11-23-12-15-25/h2-4,6-9,18,23H,5,10-16H2,1H3/t18-/m1/s1. The molecule has 0 saturated carbocycles. The molecule has 2 saturated heterocycles. The minimum absolute atomic E-state index is 0.00863. The average molecular weight is 380 g/mol. The summed E-state index contributed by atoms with van der Waals surface area (Å²) in [6.45, 7) is 7.21. The highest BCUT2D eigenvalue weighted by atomic mass is 16.5. The number of hydrogen-bond donors (Lipinski definition) is 1. The predicted octanol–water partition coefficient (Wildman–Crippen LogP) is 2.48. The topological polar surface area (TPSA) is 57.7 Å². The van der Waals surface area contributed by atoms with E-state index >= 15 is 0 Å². The average Bonchev–Trinajstić information content (AvgIpc) is 3.01. The van der Waals surface area contributed by atoms with Crippen LogP contribution in [-0.2, 0) is 0 Å². The number of likely N-dealkylation sites (tertiary alicyclic amines) is 1. The molecule has 0 aliphatic carbocycles. The second-order valence-electron chi connectivity index (χ2n) is 7.52.